The highest BCUT2D eigenvalue weighted by Gasteiger charge is 2.18. The van der Waals surface area contributed by atoms with E-state index < -0.39 is 5.60 Å². The number of aliphatic hydroxyl groups is 1. The van der Waals surface area contributed by atoms with Gasteiger partial charge in [-0.1, -0.05) is 11.3 Å². The van der Waals surface area contributed by atoms with E-state index in [-0.39, 0.29) is 5.95 Å². The van der Waals surface area contributed by atoms with Crippen molar-refractivity contribution in [1.29, 1.82) is 0 Å². The van der Waals surface area contributed by atoms with Crippen LogP contribution in [0.25, 0.3) is 21.6 Å². The molecule has 0 unspecified atom stereocenters. The number of anilines is 1. The third-order valence-corrected chi connectivity index (χ3v) is 4.69. The molecule has 0 aliphatic rings. The summed E-state index contributed by atoms with van der Waals surface area (Å²) in [4.78, 5) is 13.9. The zero-order chi connectivity index (χ0) is 18.3. The summed E-state index contributed by atoms with van der Waals surface area (Å²) in [7, 11) is 0. The molecule has 4 aromatic heterocycles. The zero-order valence-corrected chi connectivity index (χ0v) is 15.1. The fourth-order valence-corrected chi connectivity index (χ4v) is 3.40. The quantitative estimate of drug-likeness (QED) is 0.568. The highest BCUT2D eigenvalue weighted by molar-refractivity contribution is 7.16. The van der Waals surface area contributed by atoms with Gasteiger partial charge in [0.05, 0.1) is 24.1 Å². The molecule has 4 rings (SSSR count). The summed E-state index contributed by atoms with van der Waals surface area (Å²) in [5, 5.41) is 21.3. The molecule has 0 spiro atoms. The van der Waals surface area contributed by atoms with E-state index in [4.69, 9.17) is 5.73 Å². The Labute approximate surface area is 153 Å². The molecule has 3 N–H and O–H groups in total. The molecule has 0 aromatic carbocycles. The first kappa shape index (κ1) is 16.6. The number of nitrogen functional groups attached to an aromatic ring is 1. The molecule has 0 radical (unpaired) electrons. The molecule has 8 nitrogen and oxygen atoms in total. The van der Waals surface area contributed by atoms with Crippen LogP contribution in [0.4, 0.5) is 5.95 Å². The van der Waals surface area contributed by atoms with Crippen molar-refractivity contribution in [2.24, 2.45) is 0 Å². The van der Waals surface area contributed by atoms with Crippen molar-refractivity contribution < 1.29 is 5.11 Å². The summed E-state index contributed by atoms with van der Waals surface area (Å²) in [5.74, 6) is 0.212. The summed E-state index contributed by atoms with van der Waals surface area (Å²) in [6.45, 7) is 3.85. The molecule has 4 heterocycles. The molecule has 0 aliphatic heterocycles. The molecule has 132 valence electrons. The summed E-state index contributed by atoms with van der Waals surface area (Å²) >= 11 is 1.50. The van der Waals surface area contributed by atoms with Gasteiger partial charge in [-0.15, -0.1) is 16.4 Å². The van der Waals surface area contributed by atoms with E-state index in [1.807, 2.05) is 23.6 Å². The molecule has 0 aliphatic carbocycles. The number of thiophene rings is 1. The van der Waals surface area contributed by atoms with Gasteiger partial charge in [-0.25, -0.2) is 14.6 Å². The zero-order valence-electron chi connectivity index (χ0n) is 14.3. The van der Waals surface area contributed by atoms with E-state index in [2.05, 4.69) is 25.3 Å². The van der Waals surface area contributed by atoms with Gasteiger partial charge in [0.1, 0.15) is 21.8 Å². The average molecular weight is 367 g/mol. The maximum absolute atomic E-state index is 10.1. The number of nitrogens with two attached hydrogens (primary N) is 1. The first-order valence-corrected chi connectivity index (χ1v) is 8.88. The summed E-state index contributed by atoms with van der Waals surface area (Å²) in [6.07, 6.45) is 1.80. The molecule has 0 amide bonds. The topological polar surface area (TPSA) is 116 Å². The Balaban J connectivity index is 1.66. The van der Waals surface area contributed by atoms with Gasteiger partial charge in [0.15, 0.2) is 0 Å². The van der Waals surface area contributed by atoms with Gasteiger partial charge in [-0.3, -0.25) is 4.98 Å². The minimum Gasteiger partial charge on any atom is -0.384 e. The maximum atomic E-state index is 10.1. The molecule has 0 fully saturated rings. The molecular weight excluding hydrogens is 350 g/mol. The van der Waals surface area contributed by atoms with E-state index in [1.54, 1.807) is 30.8 Å². The van der Waals surface area contributed by atoms with Crippen LogP contribution in [-0.2, 0) is 12.1 Å². The summed E-state index contributed by atoms with van der Waals surface area (Å²) in [5.41, 5.74) is 7.49. The Morgan fingerprint density at radius 3 is 2.85 bits per heavy atom. The van der Waals surface area contributed by atoms with Crippen LogP contribution in [0.1, 0.15) is 25.2 Å². The van der Waals surface area contributed by atoms with Crippen molar-refractivity contribution in [3.63, 3.8) is 0 Å². The molecule has 0 bridgehead atoms. The van der Waals surface area contributed by atoms with E-state index in [0.717, 1.165) is 15.9 Å². The lowest BCUT2D eigenvalue weighted by Gasteiger charge is -2.17. The monoisotopic (exact) mass is 367 g/mol. The first-order chi connectivity index (χ1) is 12.4. The smallest absolute Gasteiger partial charge is 0.222 e. The standard InChI is InChI=1S/C17H17N7OS/c1-17(2,25)13-5-3-4-10(19-13)8-24-9-12(22-23-24)14-11-6-7-26-15(11)21-16(18)20-14/h3-7,9,25H,8H2,1-2H3,(H2,18,20,21). The number of hydrogen-bond donors (Lipinski definition) is 2. The van der Waals surface area contributed by atoms with Crippen LogP contribution in [0.3, 0.4) is 0 Å². The minimum atomic E-state index is -0.993. The second kappa shape index (κ2) is 6.11. The van der Waals surface area contributed by atoms with Crippen LogP contribution in [-0.4, -0.2) is 35.1 Å². The third-order valence-electron chi connectivity index (χ3n) is 3.88. The van der Waals surface area contributed by atoms with Crippen molar-refractivity contribution >= 4 is 27.5 Å². The number of hydrogen-bond acceptors (Lipinski definition) is 8. The molecule has 4 aromatic rings. The van der Waals surface area contributed by atoms with Gasteiger partial charge in [0, 0.05) is 5.39 Å². The van der Waals surface area contributed by atoms with Crippen molar-refractivity contribution in [2.75, 3.05) is 5.73 Å². The van der Waals surface area contributed by atoms with Gasteiger partial charge in [-0.05, 0) is 37.4 Å². The Kier molecular flexibility index (Phi) is 3.89. The van der Waals surface area contributed by atoms with E-state index in [1.165, 1.54) is 11.3 Å². The molecule has 0 saturated heterocycles. The van der Waals surface area contributed by atoms with Crippen LogP contribution in [0.15, 0.2) is 35.8 Å². The second-order valence-corrected chi connectivity index (χ2v) is 7.34. The molecule has 9 heteroatoms. The number of rotatable bonds is 4. The Morgan fingerprint density at radius 1 is 1.19 bits per heavy atom. The predicted molar refractivity (Wildman–Crippen MR) is 99.4 cm³/mol. The predicted octanol–water partition coefficient (Wildman–Crippen LogP) is 2.20. The molecule has 26 heavy (non-hydrogen) atoms. The SMILES string of the molecule is CC(C)(O)c1cccc(Cn2cc(-c3nc(N)nc4sccc34)nn2)n1. The third kappa shape index (κ3) is 3.14. The lowest BCUT2D eigenvalue weighted by Crippen LogP contribution is -2.18. The summed E-state index contributed by atoms with van der Waals surface area (Å²) < 4.78 is 1.68. The molecule has 0 saturated carbocycles. The van der Waals surface area contributed by atoms with E-state index >= 15 is 0 Å². The van der Waals surface area contributed by atoms with Crippen molar-refractivity contribution in [3.05, 3.63) is 47.2 Å². The van der Waals surface area contributed by atoms with Crippen molar-refractivity contribution in [2.45, 2.75) is 26.0 Å². The van der Waals surface area contributed by atoms with Crippen LogP contribution in [0.5, 0.6) is 0 Å². The maximum Gasteiger partial charge on any atom is 0.222 e. The molecular formula is C17H17N7OS. The van der Waals surface area contributed by atoms with Gasteiger partial charge < -0.3 is 10.8 Å². The van der Waals surface area contributed by atoms with Crippen molar-refractivity contribution in [1.82, 2.24) is 29.9 Å². The Morgan fingerprint density at radius 2 is 2.04 bits per heavy atom. The number of pyridine rings is 1. The fourth-order valence-electron chi connectivity index (χ4n) is 2.63. The average Bonchev–Trinajstić information content (AvgIpc) is 3.22. The highest BCUT2D eigenvalue weighted by atomic mass is 32.1. The van der Waals surface area contributed by atoms with Crippen LogP contribution in [0.2, 0.25) is 0 Å². The second-order valence-electron chi connectivity index (χ2n) is 6.44. The lowest BCUT2D eigenvalue weighted by molar-refractivity contribution is 0.0736. The normalized spacial score (nSPS) is 12.0. The number of fused-ring (bicyclic) bond motifs is 1. The van der Waals surface area contributed by atoms with Gasteiger partial charge in [-0.2, -0.15) is 0 Å². The van der Waals surface area contributed by atoms with E-state index in [0.29, 0.717) is 23.6 Å². The van der Waals surface area contributed by atoms with Gasteiger partial charge in [0.2, 0.25) is 5.95 Å². The first-order valence-electron chi connectivity index (χ1n) is 8.00. The van der Waals surface area contributed by atoms with Gasteiger partial charge >= 0.3 is 0 Å². The fraction of sp³-hybridized carbons (Fsp3) is 0.235. The highest BCUT2D eigenvalue weighted by Crippen LogP contribution is 2.28. The molecule has 0 atom stereocenters. The van der Waals surface area contributed by atoms with Crippen LogP contribution in [0, 0.1) is 0 Å². The van der Waals surface area contributed by atoms with Gasteiger partial charge in [0.25, 0.3) is 0 Å². The number of aromatic nitrogens is 6. The summed E-state index contributed by atoms with van der Waals surface area (Å²) in [6, 6.07) is 7.50. The largest absolute Gasteiger partial charge is 0.384 e. The van der Waals surface area contributed by atoms with E-state index in [9.17, 15) is 5.11 Å². The van der Waals surface area contributed by atoms with Crippen molar-refractivity contribution in [3.8, 4) is 11.4 Å². The minimum absolute atomic E-state index is 0.212. The Hall–Kier alpha value is -2.91. The number of nitrogens with zero attached hydrogens (tertiary/aromatic N) is 6. The Bertz CT molecular complexity index is 1080. The lowest BCUT2D eigenvalue weighted by atomic mass is 10.0. The van der Waals surface area contributed by atoms with Crippen LogP contribution < -0.4 is 5.73 Å². The van der Waals surface area contributed by atoms with Crippen LogP contribution >= 0.6 is 11.3 Å².